The van der Waals surface area contributed by atoms with Crippen LogP contribution in [0.15, 0.2) is 42.5 Å². The summed E-state index contributed by atoms with van der Waals surface area (Å²) in [5.74, 6) is -1.95. The Bertz CT molecular complexity index is 811. The number of rotatable bonds is 7. The number of carboxylic acid groups (broad SMARTS) is 1. The molecule has 0 aliphatic rings. The van der Waals surface area contributed by atoms with Crippen LogP contribution in [0, 0.1) is 18.2 Å². The second-order valence-electron chi connectivity index (χ2n) is 7.12. The summed E-state index contributed by atoms with van der Waals surface area (Å²) in [6.07, 6.45) is 0.301. The maximum Gasteiger partial charge on any atom is 0.312 e. The van der Waals surface area contributed by atoms with Crippen molar-refractivity contribution in [3.63, 3.8) is 0 Å². The molecule has 2 aromatic carbocycles. The standard InChI is InChI=1S/C21H23FO4/c1-14-5-4-6-16(9-14)12-21(2,3)20(25)26-13-17-10-15(11-19(23)24)7-8-18(17)22/h4-10H,11-13H2,1-3H3,(H,23,24). The van der Waals surface area contributed by atoms with Crippen molar-refractivity contribution in [2.24, 2.45) is 5.41 Å². The number of carbonyl (C=O) groups excluding carboxylic acids is 1. The van der Waals surface area contributed by atoms with Gasteiger partial charge in [-0.2, -0.15) is 0 Å². The number of halogens is 1. The van der Waals surface area contributed by atoms with E-state index in [1.807, 2.05) is 31.2 Å². The van der Waals surface area contributed by atoms with Crippen molar-refractivity contribution in [1.82, 2.24) is 0 Å². The number of ether oxygens (including phenoxy) is 1. The fourth-order valence-electron chi connectivity index (χ4n) is 2.77. The lowest BCUT2D eigenvalue weighted by Crippen LogP contribution is -2.29. The molecule has 0 atom stereocenters. The smallest absolute Gasteiger partial charge is 0.312 e. The van der Waals surface area contributed by atoms with Crippen LogP contribution in [-0.2, 0) is 33.8 Å². The molecular formula is C21H23FO4. The van der Waals surface area contributed by atoms with Crippen LogP contribution in [0.3, 0.4) is 0 Å². The Morgan fingerprint density at radius 3 is 2.50 bits per heavy atom. The molecule has 4 nitrogen and oxygen atoms in total. The molecule has 0 aliphatic heterocycles. The van der Waals surface area contributed by atoms with Crippen LogP contribution in [0.2, 0.25) is 0 Å². The number of carboxylic acids is 1. The molecule has 26 heavy (non-hydrogen) atoms. The lowest BCUT2D eigenvalue weighted by molar-refractivity contribution is -0.155. The minimum atomic E-state index is -1.00. The van der Waals surface area contributed by atoms with Gasteiger partial charge in [-0.25, -0.2) is 4.39 Å². The fourth-order valence-corrected chi connectivity index (χ4v) is 2.77. The van der Waals surface area contributed by atoms with Crippen LogP contribution in [0.25, 0.3) is 0 Å². The Kier molecular flexibility index (Phi) is 6.14. The third-order valence-electron chi connectivity index (χ3n) is 4.11. The van der Waals surface area contributed by atoms with E-state index >= 15 is 0 Å². The summed E-state index contributed by atoms with van der Waals surface area (Å²) in [7, 11) is 0. The van der Waals surface area contributed by atoms with E-state index in [2.05, 4.69) is 0 Å². The highest BCUT2D eigenvalue weighted by atomic mass is 19.1. The number of hydrogen-bond donors (Lipinski definition) is 1. The molecule has 0 spiro atoms. The molecular weight excluding hydrogens is 335 g/mol. The maximum atomic E-state index is 13.9. The van der Waals surface area contributed by atoms with Crippen molar-refractivity contribution >= 4 is 11.9 Å². The van der Waals surface area contributed by atoms with Crippen molar-refractivity contribution in [2.75, 3.05) is 0 Å². The number of carbonyl (C=O) groups is 2. The van der Waals surface area contributed by atoms with E-state index in [9.17, 15) is 14.0 Å². The monoisotopic (exact) mass is 358 g/mol. The molecule has 0 unspecified atom stereocenters. The topological polar surface area (TPSA) is 63.6 Å². The summed E-state index contributed by atoms with van der Waals surface area (Å²) >= 11 is 0. The lowest BCUT2D eigenvalue weighted by atomic mass is 9.85. The molecule has 0 bridgehead atoms. The molecule has 0 aliphatic carbocycles. The third kappa shape index (κ3) is 5.41. The highest BCUT2D eigenvalue weighted by Crippen LogP contribution is 2.25. The molecule has 0 saturated heterocycles. The average Bonchev–Trinajstić information content (AvgIpc) is 2.54. The SMILES string of the molecule is Cc1cccc(CC(C)(C)C(=O)OCc2cc(CC(=O)O)ccc2F)c1. The van der Waals surface area contributed by atoms with Gasteiger partial charge in [-0.3, -0.25) is 9.59 Å². The van der Waals surface area contributed by atoms with Gasteiger partial charge in [0.05, 0.1) is 11.8 Å². The van der Waals surface area contributed by atoms with E-state index in [0.29, 0.717) is 12.0 Å². The largest absolute Gasteiger partial charge is 0.481 e. The summed E-state index contributed by atoms with van der Waals surface area (Å²) in [5.41, 5.74) is 2.01. The van der Waals surface area contributed by atoms with Crippen LogP contribution in [-0.4, -0.2) is 17.0 Å². The second kappa shape index (κ2) is 8.13. The first-order valence-electron chi connectivity index (χ1n) is 8.39. The van der Waals surface area contributed by atoms with Crippen molar-refractivity contribution in [3.05, 3.63) is 70.5 Å². The molecule has 0 saturated carbocycles. The summed E-state index contributed by atoms with van der Waals surface area (Å²) in [5, 5.41) is 8.83. The highest BCUT2D eigenvalue weighted by molar-refractivity contribution is 5.76. The molecule has 5 heteroatoms. The minimum absolute atomic E-state index is 0.170. The van der Waals surface area contributed by atoms with E-state index in [1.54, 1.807) is 13.8 Å². The number of esters is 1. The lowest BCUT2D eigenvalue weighted by Gasteiger charge is -2.23. The first-order chi connectivity index (χ1) is 12.2. The zero-order valence-electron chi connectivity index (χ0n) is 15.2. The first-order valence-corrected chi connectivity index (χ1v) is 8.39. The van der Waals surface area contributed by atoms with Gasteiger partial charge < -0.3 is 9.84 Å². The molecule has 0 fully saturated rings. The van der Waals surface area contributed by atoms with Gasteiger partial charge in [0.25, 0.3) is 0 Å². The summed E-state index contributed by atoms with van der Waals surface area (Å²) in [4.78, 5) is 23.2. The third-order valence-corrected chi connectivity index (χ3v) is 4.11. The van der Waals surface area contributed by atoms with Gasteiger partial charge in [-0.1, -0.05) is 35.9 Å². The highest BCUT2D eigenvalue weighted by Gasteiger charge is 2.30. The van der Waals surface area contributed by atoms with Crippen LogP contribution in [0.4, 0.5) is 4.39 Å². The zero-order chi connectivity index (χ0) is 19.3. The van der Waals surface area contributed by atoms with E-state index < -0.39 is 23.2 Å². The number of aryl methyl sites for hydroxylation is 1. The number of benzene rings is 2. The Balaban J connectivity index is 2.04. The quantitative estimate of drug-likeness (QED) is 0.758. The van der Waals surface area contributed by atoms with Crippen LogP contribution in [0.5, 0.6) is 0 Å². The molecule has 0 aromatic heterocycles. The Labute approximate surface area is 152 Å². The van der Waals surface area contributed by atoms with E-state index in [4.69, 9.17) is 9.84 Å². The number of aliphatic carboxylic acids is 1. The van der Waals surface area contributed by atoms with Gasteiger partial charge in [0.1, 0.15) is 12.4 Å². The van der Waals surface area contributed by atoms with Crippen LogP contribution < -0.4 is 0 Å². The normalized spacial score (nSPS) is 11.2. The Hall–Kier alpha value is -2.69. The second-order valence-corrected chi connectivity index (χ2v) is 7.12. The minimum Gasteiger partial charge on any atom is -0.481 e. The zero-order valence-corrected chi connectivity index (χ0v) is 15.2. The van der Waals surface area contributed by atoms with Crippen molar-refractivity contribution in [2.45, 2.75) is 40.2 Å². The van der Waals surface area contributed by atoms with Gasteiger partial charge in [0, 0.05) is 5.56 Å². The van der Waals surface area contributed by atoms with Crippen molar-refractivity contribution in [3.8, 4) is 0 Å². The summed E-state index contributed by atoms with van der Waals surface area (Å²) < 4.78 is 19.2. The van der Waals surface area contributed by atoms with Gasteiger partial charge >= 0.3 is 11.9 Å². The first kappa shape index (κ1) is 19.6. The molecule has 0 heterocycles. The van der Waals surface area contributed by atoms with Gasteiger partial charge in [0.15, 0.2) is 0 Å². The van der Waals surface area contributed by atoms with E-state index in [-0.39, 0.29) is 18.6 Å². The van der Waals surface area contributed by atoms with E-state index in [1.165, 1.54) is 18.2 Å². The fraction of sp³-hybridized carbons (Fsp3) is 0.333. The maximum absolute atomic E-state index is 13.9. The summed E-state index contributed by atoms with van der Waals surface area (Å²) in [6.45, 7) is 5.33. The van der Waals surface area contributed by atoms with Crippen molar-refractivity contribution < 1.29 is 23.8 Å². The van der Waals surface area contributed by atoms with Crippen molar-refractivity contribution in [1.29, 1.82) is 0 Å². The Morgan fingerprint density at radius 2 is 1.85 bits per heavy atom. The van der Waals surface area contributed by atoms with Gasteiger partial charge in [0.2, 0.25) is 0 Å². The molecule has 1 N–H and O–H groups in total. The average molecular weight is 358 g/mol. The molecule has 138 valence electrons. The van der Waals surface area contributed by atoms with Gasteiger partial charge in [-0.05, 0) is 50.5 Å². The van der Waals surface area contributed by atoms with Crippen LogP contribution in [0.1, 0.15) is 36.1 Å². The Morgan fingerprint density at radius 1 is 1.12 bits per heavy atom. The predicted molar refractivity (Wildman–Crippen MR) is 96.2 cm³/mol. The molecule has 2 aromatic rings. The van der Waals surface area contributed by atoms with E-state index in [0.717, 1.165) is 11.1 Å². The van der Waals surface area contributed by atoms with Crippen LogP contribution >= 0.6 is 0 Å². The molecule has 0 radical (unpaired) electrons. The molecule has 0 amide bonds. The summed E-state index contributed by atoms with van der Waals surface area (Å²) in [6, 6.07) is 11.9. The number of hydrogen-bond acceptors (Lipinski definition) is 3. The molecule has 2 rings (SSSR count). The van der Waals surface area contributed by atoms with Gasteiger partial charge in [-0.15, -0.1) is 0 Å². The predicted octanol–water partition coefficient (Wildman–Crippen LogP) is 4.07.